The Morgan fingerprint density at radius 3 is 2.79 bits per heavy atom. The smallest absolute Gasteiger partial charge is 0.252 e. The molecule has 9 nitrogen and oxygen atoms in total. The monoisotopic (exact) mass is 476 g/mol. The van der Waals surface area contributed by atoms with Crippen LogP contribution in [0, 0.1) is 0 Å². The first-order valence-corrected chi connectivity index (χ1v) is 10.6. The van der Waals surface area contributed by atoms with Crippen molar-refractivity contribution in [1.29, 1.82) is 0 Å². The van der Waals surface area contributed by atoms with Crippen LogP contribution in [0.4, 0.5) is 0 Å². The molecule has 3 heterocycles. The number of benzene rings is 1. The van der Waals surface area contributed by atoms with Crippen molar-refractivity contribution in [1.82, 2.24) is 30.6 Å². The molecule has 4 rings (SSSR count). The number of ether oxygens (including phenoxy) is 1. The first-order chi connectivity index (χ1) is 14.1. The summed E-state index contributed by atoms with van der Waals surface area (Å²) < 4.78 is 7.59. The first kappa shape index (κ1) is 19.7. The summed E-state index contributed by atoms with van der Waals surface area (Å²) >= 11 is 4.83. The molecule has 1 aliphatic rings. The minimum atomic E-state index is -0.740. The van der Waals surface area contributed by atoms with Gasteiger partial charge in [0.1, 0.15) is 11.7 Å². The van der Waals surface area contributed by atoms with Crippen LogP contribution in [0.25, 0.3) is 5.69 Å². The lowest BCUT2D eigenvalue weighted by molar-refractivity contribution is -0.129. The number of rotatable bonds is 8. The molecule has 2 unspecified atom stereocenters. The van der Waals surface area contributed by atoms with E-state index >= 15 is 0 Å². The number of hydrogen-bond donors (Lipinski definition) is 2. The van der Waals surface area contributed by atoms with Crippen molar-refractivity contribution in [2.24, 2.45) is 0 Å². The highest BCUT2D eigenvalue weighted by atomic mass is 79.9. The molecular weight excluding hydrogens is 460 g/mol. The molecule has 2 N–H and O–H groups in total. The van der Waals surface area contributed by atoms with Crippen LogP contribution in [0.1, 0.15) is 11.4 Å². The highest BCUT2D eigenvalue weighted by Crippen LogP contribution is 2.14. The normalized spacial score (nSPS) is 16.2. The third-order valence-corrected chi connectivity index (χ3v) is 5.40. The van der Waals surface area contributed by atoms with Gasteiger partial charge in [-0.05, 0) is 24.3 Å². The Morgan fingerprint density at radius 1 is 1.31 bits per heavy atom. The van der Waals surface area contributed by atoms with Gasteiger partial charge in [-0.15, -0.1) is 16.4 Å². The Kier molecular flexibility index (Phi) is 5.97. The zero-order valence-electron chi connectivity index (χ0n) is 15.1. The Labute approximate surface area is 178 Å². The molecule has 29 heavy (non-hydrogen) atoms. The lowest BCUT2D eigenvalue weighted by Crippen LogP contribution is -2.49. The fourth-order valence-corrected chi connectivity index (χ4v) is 3.46. The van der Waals surface area contributed by atoms with Crippen LogP contribution in [0.3, 0.4) is 0 Å². The molecule has 150 valence electrons. The predicted octanol–water partition coefficient (Wildman–Crippen LogP) is 1.23. The highest BCUT2D eigenvalue weighted by Gasteiger charge is 2.34. The summed E-state index contributed by atoms with van der Waals surface area (Å²) in [7, 11) is 0. The van der Waals surface area contributed by atoms with E-state index in [9.17, 15) is 9.59 Å². The second kappa shape index (κ2) is 8.80. The van der Waals surface area contributed by atoms with Crippen LogP contribution in [0.2, 0.25) is 0 Å². The first-order valence-electron chi connectivity index (χ1n) is 8.82. The number of aromatic nitrogens is 4. The topological polar surface area (TPSA) is 114 Å². The summed E-state index contributed by atoms with van der Waals surface area (Å²) in [5, 5.41) is 15.6. The standard InChI is InChI=1S/C18H17BrN6O3S/c19-11-1-3-14(4-2-11)25-7-13(23-24-25)6-20-17(26)15(5-12-9-29-10-21-12)22-18(27)16-8-28-16/h1-4,7,9-10,15-16H,5-6,8H2,(H,20,26)(H,22,27). The third-order valence-electron chi connectivity index (χ3n) is 4.23. The van der Waals surface area contributed by atoms with E-state index in [2.05, 4.69) is 41.9 Å². The molecule has 3 aromatic rings. The van der Waals surface area contributed by atoms with Crippen LogP contribution >= 0.6 is 27.3 Å². The quantitative estimate of drug-likeness (QED) is 0.472. The van der Waals surface area contributed by atoms with Gasteiger partial charge >= 0.3 is 0 Å². The van der Waals surface area contributed by atoms with Crippen molar-refractivity contribution in [3.05, 3.63) is 57.2 Å². The van der Waals surface area contributed by atoms with Crippen LogP contribution in [-0.2, 0) is 27.3 Å². The van der Waals surface area contributed by atoms with Crippen molar-refractivity contribution in [3.63, 3.8) is 0 Å². The van der Waals surface area contributed by atoms with E-state index in [4.69, 9.17) is 4.74 Å². The Morgan fingerprint density at radius 2 is 2.10 bits per heavy atom. The summed E-state index contributed by atoms with van der Waals surface area (Å²) in [5.74, 6) is -0.605. The lowest BCUT2D eigenvalue weighted by Gasteiger charge is -2.16. The maximum absolute atomic E-state index is 12.7. The third kappa shape index (κ3) is 5.25. The van der Waals surface area contributed by atoms with E-state index in [-0.39, 0.29) is 18.4 Å². The van der Waals surface area contributed by atoms with E-state index in [1.54, 1.807) is 16.4 Å². The summed E-state index contributed by atoms with van der Waals surface area (Å²) in [6, 6.07) is 6.89. The van der Waals surface area contributed by atoms with Crippen molar-refractivity contribution in [3.8, 4) is 5.69 Å². The number of carbonyl (C=O) groups is 2. The average Bonchev–Trinajstić information content (AvgIpc) is 3.25. The number of epoxide rings is 1. The molecule has 1 fully saturated rings. The van der Waals surface area contributed by atoms with E-state index in [1.165, 1.54) is 11.3 Å². The largest absolute Gasteiger partial charge is 0.363 e. The molecule has 0 spiro atoms. The summed E-state index contributed by atoms with van der Waals surface area (Å²) in [6.07, 6.45) is 1.58. The lowest BCUT2D eigenvalue weighted by atomic mass is 10.1. The average molecular weight is 477 g/mol. The second-order valence-corrected chi connectivity index (χ2v) is 8.05. The van der Waals surface area contributed by atoms with E-state index in [0.717, 1.165) is 15.9 Å². The fourth-order valence-electron chi connectivity index (χ4n) is 2.62. The van der Waals surface area contributed by atoms with Crippen molar-refractivity contribution in [2.45, 2.75) is 25.1 Å². The van der Waals surface area contributed by atoms with E-state index < -0.39 is 12.1 Å². The van der Waals surface area contributed by atoms with Gasteiger partial charge in [0, 0.05) is 16.3 Å². The zero-order chi connectivity index (χ0) is 20.2. The summed E-state index contributed by atoms with van der Waals surface area (Å²) in [4.78, 5) is 28.9. The van der Waals surface area contributed by atoms with Gasteiger partial charge in [-0.2, -0.15) is 0 Å². The minimum Gasteiger partial charge on any atom is -0.363 e. The van der Waals surface area contributed by atoms with Crippen molar-refractivity contribution < 1.29 is 14.3 Å². The molecule has 0 saturated carbocycles. The van der Waals surface area contributed by atoms with Gasteiger partial charge in [-0.1, -0.05) is 21.1 Å². The maximum atomic E-state index is 12.7. The molecular formula is C18H17BrN6O3S. The van der Waals surface area contributed by atoms with Gasteiger partial charge in [-0.25, -0.2) is 9.67 Å². The van der Waals surface area contributed by atoms with Crippen LogP contribution in [-0.4, -0.2) is 50.5 Å². The zero-order valence-corrected chi connectivity index (χ0v) is 17.5. The maximum Gasteiger partial charge on any atom is 0.252 e. The number of carbonyl (C=O) groups excluding carboxylic acids is 2. The van der Waals surface area contributed by atoms with Gasteiger partial charge < -0.3 is 15.4 Å². The van der Waals surface area contributed by atoms with Crippen molar-refractivity contribution in [2.75, 3.05) is 6.61 Å². The van der Waals surface area contributed by atoms with Crippen LogP contribution in [0.5, 0.6) is 0 Å². The fraction of sp³-hybridized carbons (Fsp3) is 0.278. The van der Waals surface area contributed by atoms with E-state index in [0.29, 0.717) is 18.7 Å². The number of amides is 2. The Bertz CT molecular complexity index is 987. The molecule has 0 aliphatic carbocycles. The summed E-state index contributed by atoms with van der Waals surface area (Å²) in [5.41, 5.74) is 3.89. The van der Waals surface area contributed by atoms with Gasteiger partial charge in [-0.3, -0.25) is 9.59 Å². The van der Waals surface area contributed by atoms with Gasteiger partial charge in [0.05, 0.1) is 36.2 Å². The molecule has 1 saturated heterocycles. The molecule has 2 aromatic heterocycles. The Hall–Kier alpha value is -2.63. The Balaban J connectivity index is 1.38. The van der Waals surface area contributed by atoms with Crippen LogP contribution < -0.4 is 10.6 Å². The number of halogens is 1. The van der Waals surface area contributed by atoms with E-state index in [1.807, 2.05) is 29.6 Å². The summed E-state index contributed by atoms with van der Waals surface area (Å²) in [6.45, 7) is 0.578. The highest BCUT2D eigenvalue weighted by molar-refractivity contribution is 9.10. The van der Waals surface area contributed by atoms with Gasteiger partial charge in [0.2, 0.25) is 5.91 Å². The van der Waals surface area contributed by atoms with Gasteiger partial charge in [0.25, 0.3) is 5.91 Å². The molecule has 1 aromatic carbocycles. The predicted molar refractivity (Wildman–Crippen MR) is 108 cm³/mol. The van der Waals surface area contributed by atoms with Crippen LogP contribution in [0.15, 0.2) is 45.8 Å². The number of thiazole rings is 1. The second-order valence-electron chi connectivity index (χ2n) is 6.42. The van der Waals surface area contributed by atoms with Crippen molar-refractivity contribution >= 4 is 39.1 Å². The molecule has 11 heteroatoms. The molecule has 1 aliphatic heterocycles. The molecule has 2 amide bonds. The molecule has 0 radical (unpaired) electrons. The molecule has 2 atom stereocenters. The minimum absolute atomic E-state index is 0.193. The number of nitrogens with zero attached hydrogens (tertiary/aromatic N) is 4. The van der Waals surface area contributed by atoms with Gasteiger partial charge in [0.15, 0.2) is 6.10 Å². The number of hydrogen-bond acceptors (Lipinski definition) is 7. The number of nitrogens with one attached hydrogen (secondary N) is 2. The molecule has 0 bridgehead atoms. The SMILES string of the molecule is O=C(NCc1cn(-c2ccc(Br)cc2)nn1)C(Cc1cscn1)NC(=O)C1CO1.